The van der Waals surface area contributed by atoms with Gasteiger partial charge in [-0.3, -0.25) is 15.0 Å². The van der Waals surface area contributed by atoms with Gasteiger partial charge in [0.25, 0.3) is 0 Å². The van der Waals surface area contributed by atoms with Gasteiger partial charge in [0.05, 0.1) is 19.0 Å². The molecule has 0 aromatic carbocycles. The van der Waals surface area contributed by atoms with Crippen LogP contribution >= 0.6 is 0 Å². The van der Waals surface area contributed by atoms with Crippen molar-refractivity contribution < 1.29 is 23.4 Å². The Bertz CT molecular complexity index is 332. The molecule has 1 saturated heterocycles. The lowest BCUT2D eigenvalue weighted by atomic mass is 9.80. The summed E-state index contributed by atoms with van der Waals surface area (Å²) in [5.74, 6) is -1.56. The molecule has 2 fully saturated rings. The number of nitro groups is 1. The minimum Gasteiger partial charge on any atom is -0.344 e. The van der Waals surface area contributed by atoms with Crippen LogP contribution in [0.3, 0.4) is 0 Å². The monoisotopic (exact) mass is 282 g/mol. The quantitative estimate of drug-likeness (QED) is 0.583. The maximum Gasteiger partial charge on any atom is 0.393 e. The Morgan fingerprint density at radius 3 is 2.37 bits per heavy atom. The van der Waals surface area contributed by atoms with E-state index in [1.807, 2.05) is 4.90 Å². The van der Waals surface area contributed by atoms with Gasteiger partial charge < -0.3 is 5.32 Å². The first-order valence-electron chi connectivity index (χ1n) is 6.65. The smallest absolute Gasteiger partial charge is 0.344 e. The largest absolute Gasteiger partial charge is 0.393 e. The molecule has 1 aliphatic carbocycles. The third-order valence-corrected chi connectivity index (χ3v) is 4.21. The molecule has 0 aromatic heterocycles. The number of nitrogens with zero attached hydrogens (tertiary/aromatic N) is 2. The lowest BCUT2D eigenvalue weighted by molar-refractivity contribution is -0.664. The summed E-state index contributed by atoms with van der Waals surface area (Å²) in [6.45, 7) is 2.89. The minimum absolute atomic E-state index is 0.254. The first-order chi connectivity index (χ1) is 8.89. The predicted octanol–water partition coefficient (Wildman–Crippen LogP) is 0.242. The lowest BCUT2D eigenvalue weighted by Gasteiger charge is -2.41. The average molecular weight is 282 g/mol. The molecule has 1 aliphatic heterocycles. The first kappa shape index (κ1) is 14.5. The van der Waals surface area contributed by atoms with Crippen LogP contribution in [0.25, 0.3) is 0 Å². The summed E-state index contributed by atoms with van der Waals surface area (Å²) in [6.07, 6.45) is -4.19. The van der Waals surface area contributed by atoms with Gasteiger partial charge in [0.15, 0.2) is 0 Å². The van der Waals surface area contributed by atoms with Crippen molar-refractivity contribution in [3.8, 4) is 0 Å². The van der Waals surface area contributed by atoms with Gasteiger partial charge in [-0.2, -0.15) is 13.2 Å². The van der Waals surface area contributed by atoms with Crippen LogP contribution in [0.1, 0.15) is 19.3 Å². The van der Waals surface area contributed by atoms with Gasteiger partial charge in [-0.15, -0.1) is 0 Å². The van der Waals surface area contributed by atoms with Gasteiger partial charge >= 0.3 is 6.18 Å². The van der Waals surface area contributed by atoms with E-state index in [0.29, 0.717) is 13.1 Å². The summed E-state index contributed by atoms with van der Waals surface area (Å²) in [6, 6.07) is -1.62. The van der Waals surface area contributed by atoms with Gasteiger partial charge in [0.2, 0.25) is 6.04 Å². The molecule has 0 radical (unpaired) electrons. The highest BCUT2D eigenvalue weighted by atomic mass is 19.4. The Morgan fingerprint density at radius 2 is 1.84 bits per heavy atom. The Morgan fingerprint density at radius 1 is 1.21 bits per heavy atom. The van der Waals surface area contributed by atoms with E-state index in [0.717, 1.165) is 13.1 Å². The van der Waals surface area contributed by atoms with E-state index in [9.17, 15) is 23.3 Å². The number of alkyl halides is 3. The molecule has 0 aromatic rings. The molecular weight excluding hydrogens is 263 g/mol. The molecule has 110 valence electrons. The number of hydrogen-bond donors (Lipinski definition) is 1. The maximum atomic E-state index is 13.1. The maximum absolute atomic E-state index is 13.1. The Labute approximate surface area is 109 Å². The molecule has 2 rings (SSSR count). The van der Waals surface area contributed by atoms with Crippen molar-refractivity contribution >= 4 is 0 Å². The number of rotatable bonds is 2. The average Bonchev–Trinajstić information content (AvgIpc) is 2.38. The van der Waals surface area contributed by atoms with Crippen molar-refractivity contribution in [3.05, 3.63) is 10.1 Å². The van der Waals surface area contributed by atoms with Crippen LogP contribution in [0, 0.1) is 16.0 Å². The Balaban J connectivity index is 2.10. The SMILES string of the molecule is O=[N+]([O-])C1CCC(N2CC[NH2+]CC2)C(C(F)(F)F)C1. The molecule has 0 amide bonds. The summed E-state index contributed by atoms with van der Waals surface area (Å²) in [7, 11) is 0. The fraction of sp³-hybridized carbons (Fsp3) is 1.00. The van der Waals surface area contributed by atoms with Gasteiger partial charge in [-0.1, -0.05) is 0 Å². The number of hydrogen-bond acceptors (Lipinski definition) is 3. The van der Waals surface area contributed by atoms with E-state index in [1.165, 1.54) is 0 Å². The first-order valence-corrected chi connectivity index (χ1v) is 6.65. The fourth-order valence-electron chi connectivity index (χ4n) is 3.21. The van der Waals surface area contributed by atoms with Crippen molar-refractivity contribution in [1.29, 1.82) is 0 Å². The van der Waals surface area contributed by atoms with E-state index in [-0.39, 0.29) is 19.3 Å². The second-order valence-electron chi connectivity index (χ2n) is 5.37. The molecule has 1 heterocycles. The molecule has 3 unspecified atom stereocenters. The molecule has 19 heavy (non-hydrogen) atoms. The highest BCUT2D eigenvalue weighted by Gasteiger charge is 2.52. The number of nitrogens with two attached hydrogens (primary N) is 1. The molecule has 3 atom stereocenters. The number of quaternary nitrogens is 1. The van der Waals surface area contributed by atoms with Crippen LogP contribution in [0.15, 0.2) is 0 Å². The van der Waals surface area contributed by atoms with E-state index < -0.39 is 29.1 Å². The third-order valence-electron chi connectivity index (χ3n) is 4.21. The van der Waals surface area contributed by atoms with E-state index in [4.69, 9.17) is 0 Å². The highest BCUT2D eigenvalue weighted by molar-refractivity contribution is 4.91. The van der Waals surface area contributed by atoms with E-state index in [2.05, 4.69) is 5.32 Å². The van der Waals surface area contributed by atoms with Crippen molar-refractivity contribution in [2.75, 3.05) is 26.2 Å². The normalized spacial score (nSPS) is 34.2. The molecule has 2 N–H and O–H groups in total. The van der Waals surface area contributed by atoms with Gasteiger partial charge in [-0.05, 0) is 6.42 Å². The van der Waals surface area contributed by atoms with E-state index >= 15 is 0 Å². The zero-order chi connectivity index (χ0) is 14.0. The zero-order valence-corrected chi connectivity index (χ0v) is 10.6. The van der Waals surface area contributed by atoms with Crippen LogP contribution in [0.4, 0.5) is 13.2 Å². The standard InChI is InChI=1S/C11H18F3N3O2/c12-11(13,14)9-7-8(17(18)19)1-2-10(9)16-5-3-15-4-6-16/h8-10,15H,1-7H2/p+1. The summed E-state index contributed by atoms with van der Waals surface area (Å²) >= 11 is 0. The summed E-state index contributed by atoms with van der Waals surface area (Å²) in [5, 5.41) is 12.8. The van der Waals surface area contributed by atoms with Crippen LogP contribution in [-0.2, 0) is 0 Å². The van der Waals surface area contributed by atoms with Crippen molar-refractivity contribution in [2.24, 2.45) is 5.92 Å². The molecular formula is C11H19F3N3O2+. The van der Waals surface area contributed by atoms with Crippen LogP contribution < -0.4 is 5.32 Å². The van der Waals surface area contributed by atoms with Gasteiger partial charge in [-0.25, -0.2) is 0 Å². The highest BCUT2D eigenvalue weighted by Crippen LogP contribution is 2.40. The molecule has 0 bridgehead atoms. The molecule has 2 aliphatic rings. The van der Waals surface area contributed by atoms with Crippen LogP contribution in [-0.4, -0.2) is 54.3 Å². The van der Waals surface area contributed by atoms with Crippen LogP contribution in [0.5, 0.6) is 0 Å². The molecule has 1 saturated carbocycles. The topological polar surface area (TPSA) is 63.0 Å². The molecule has 0 spiro atoms. The summed E-state index contributed by atoms with van der Waals surface area (Å²) in [4.78, 5) is 12.0. The summed E-state index contributed by atoms with van der Waals surface area (Å²) < 4.78 is 39.4. The van der Waals surface area contributed by atoms with E-state index in [1.54, 1.807) is 0 Å². The van der Waals surface area contributed by atoms with Crippen LogP contribution in [0.2, 0.25) is 0 Å². The second kappa shape index (κ2) is 5.62. The molecule has 8 heteroatoms. The Kier molecular flexibility index (Phi) is 4.29. The molecule has 5 nitrogen and oxygen atoms in total. The van der Waals surface area contributed by atoms with Gasteiger partial charge in [0, 0.05) is 36.9 Å². The lowest BCUT2D eigenvalue weighted by Crippen LogP contribution is -2.90. The summed E-state index contributed by atoms with van der Waals surface area (Å²) in [5.41, 5.74) is 0. The number of piperazine rings is 1. The zero-order valence-electron chi connectivity index (χ0n) is 10.6. The number of halogens is 3. The minimum atomic E-state index is -4.35. The Hall–Kier alpha value is -0.890. The van der Waals surface area contributed by atoms with Gasteiger partial charge in [0.1, 0.15) is 0 Å². The van der Waals surface area contributed by atoms with Crippen molar-refractivity contribution in [2.45, 2.75) is 37.5 Å². The third kappa shape index (κ3) is 3.36. The van der Waals surface area contributed by atoms with Crippen molar-refractivity contribution in [3.63, 3.8) is 0 Å². The predicted molar refractivity (Wildman–Crippen MR) is 61.2 cm³/mol. The van der Waals surface area contributed by atoms with Crippen molar-refractivity contribution in [1.82, 2.24) is 4.90 Å². The fourth-order valence-corrected chi connectivity index (χ4v) is 3.21. The second-order valence-corrected chi connectivity index (χ2v) is 5.37.